The summed E-state index contributed by atoms with van der Waals surface area (Å²) in [5, 5.41) is 13.9. The SMILES string of the molecule is Cc1ccc(C2=NOC3(CCC(O)CC3)C2)cc1C. The van der Waals surface area contributed by atoms with Gasteiger partial charge < -0.3 is 9.94 Å². The Morgan fingerprint density at radius 1 is 1.21 bits per heavy atom. The van der Waals surface area contributed by atoms with Gasteiger partial charge in [-0.1, -0.05) is 17.3 Å². The normalized spacial score (nSPS) is 30.3. The molecule has 2 aliphatic rings. The van der Waals surface area contributed by atoms with Gasteiger partial charge in [-0.15, -0.1) is 0 Å². The predicted octanol–water partition coefficient (Wildman–Crippen LogP) is 3.10. The van der Waals surface area contributed by atoms with Crippen LogP contribution in [0.1, 0.15) is 48.8 Å². The van der Waals surface area contributed by atoms with E-state index in [9.17, 15) is 5.11 Å². The van der Waals surface area contributed by atoms with Crippen molar-refractivity contribution in [1.29, 1.82) is 0 Å². The number of hydrogen-bond acceptors (Lipinski definition) is 3. The minimum Gasteiger partial charge on any atom is -0.393 e. The van der Waals surface area contributed by atoms with Crippen molar-refractivity contribution in [1.82, 2.24) is 0 Å². The van der Waals surface area contributed by atoms with Crippen LogP contribution in [0.3, 0.4) is 0 Å². The summed E-state index contributed by atoms with van der Waals surface area (Å²) >= 11 is 0. The number of aliphatic hydroxyl groups is 1. The van der Waals surface area contributed by atoms with E-state index in [0.717, 1.165) is 37.8 Å². The van der Waals surface area contributed by atoms with Crippen molar-refractivity contribution >= 4 is 5.71 Å². The van der Waals surface area contributed by atoms with E-state index in [-0.39, 0.29) is 11.7 Å². The summed E-state index contributed by atoms with van der Waals surface area (Å²) in [7, 11) is 0. The third kappa shape index (κ3) is 2.39. The molecule has 3 heteroatoms. The summed E-state index contributed by atoms with van der Waals surface area (Å²) < 4.78 is 0. The zero-order valence-corrected chi connectivity index (χ0v) is 11.6. The molecule has 1 saturated carbocycles. The highest BCUT2D eigenvalue weighted by molar-refractivity contribution is 6.01. The van der Waals surface area contributed by atoms with E-state index in [1.807, 2.05) is 0 Å². The van der Waals surface area contributed by atoms with E-state index in [0.29, 0.717) is 0 Å². The predicted molar refractivity (Wildman–Crippen MR) is 75.4 cm³/mol. The van der Waals surface area contributed by atoms with Crippen LogP contribution in [0, 0.1) is 13.8 Å². The Morgan fingerprint density at radius 2 is 1.95 bits per heavy atom. The van der Waals surface area contributed by atoms with Gasteiger partial charge in [-0.2, -0.15) is 0 Å². The van der Waals surface area contributed by atoms with Gasteiger partial charge in [0, 0.05) is 6.42 Å². The highest BCUT2D eigenvalue weighted by Gasteiger charge is 2.42. The molecule has 0 aromatic heterocycles. The van der Waals surface area contributed by atoms with Crippen LogP contribution in [0.25, 0.3) is 0 Å². The smallest absolute Gasteiger partial charge is 0.143 e. The fourth-order valence-corrected chi connectivity index (χ4v) is 2.99. The molecule has 19 heavy (non-hydrogen) atoms. The highest BCUT2D eigenvalue weighted by Crippen LogP contribution is 2.39. The Morgan fingerprint density at radius 3 is 2.63 bits per heavy atom. The number of aryl methyl sites for hydroxylation is 2. The van der Waals surface area contributed by atoms with Gasteiger partial charge >= 0.3 is 0 Å². The molecule has 102 valence electrons. The average molecular weight is 259 g/mol. The lowest BCUT2D eigenvalue weighted by Gasteiger charge is -2.32. The lowest BCUT2D eigenvalue weighted by Crippen LogP contribution is -2.36. The number of hydrogen-bond donors (Lipinski definition) is 1. The molecule has 1 aromatic carbocycles. The first-order chi connectivity index (χ1) is 9.08. The third-order valence-electron chi connectivity index (χ3n) is 4.55. The quantitative estimate of drug-likeness (QED) is 0.842. The molecule has 1 aliphatic heterocycles. The van der Waals surface area contributed by atoms with E-state index in [1.165, 1.54) is 16.7 Å². The van der Waals surface area contributed by atoms with Crippen LogP contribution in [-0.2, 0) is 4.84 Å². The standard InChI is InChI=1S/C16H21NO2/c1-11-3-4-13(9-12(11)2)15-10-16(19-17-15)7-5-14(18)6-8-16/h3-4,9,14,18H,5-8,10H2,1-2H3. The van der Waals surface area contributed by atoms with Crippen LogP contribution < -0.4 is 0 Å². The summed E-state index contributed by atoms with van der Waals surface area (Å²) in [5.41, 5.74) is 4.68. The van der Waals surface area contributed by atoms with E-state index in [1.54, 1.807) is 0 Å². The van der Waals surface area contributed by atoms with Gasteiger partial charge in [-0.3, -0.25) is 0 Å². The van der Waals surface area contributed by atoms with Gasteiger partial charge in [0.2, 0.25) is 0 Å². The molecular formula is C16H21NO2. The fraction of sp³-hybridized carbons (Fsp3) is 0.562. The molecule has 0 amide bonds. The molecule has 0 unspecified atom stereocenters. The molecule has 1 N–H and O–H groups in total. The number of oxime groups is 1. The van der Waals surface area contributed by atoms with Crippen molar-refractivity contribution in [3.63, 3.8) is 0 Å². The zero-order valence-electron chi connectivity index (χ0n) is 11.6. The molecule has 1 heterocycles. The zero-order chi connectivity index (χ0) is 13.5. The topological polar surface area (TPSA) is 41.8 Å². The molecular weight excluding hydrogens is 238 g/mol. The molecule has 0 radical (unpaired) electrons. The first kappa shape index (κ1) is 12.7. The minimum atomic E-state index is -0.153. The van der Waals surface area contributed by atoms with Crippen molar-refractivity contribution in [3.05, 3.63) is 34.9 Å². The molecule has 1 spiro atoms. The Balaban J connectivity index is 1.76. The molecule has 0 bridgehead atoms. The number of aliphatic hydroxyl groups excluding tert-OH is 1. The van der Waals surface area contributed by atoms with Crippen molar-refractivity contribution < 1.29 is 9.94 Å². The number of benzene rings is 1. The van der Waals surface area contributed by atoms with Gasteiger partial charge in [-0.25, -0.2) is 0 Å². The van der Waals surface area contributed by atoms with Crippen LogP contribution in [0.2, 0.25) is 0 Å². The molecule has 0 saturated heterocycles. The molecule has 3 nitrogen and oxygen atoms in total. The van der Waals surface area contributed by atoms with Crippen LogP contribution in [0.15, 0.2) is 23.4 Å². The second-order valence-electron chi connectivity index (χ2n) is 6.02. The molecule has 1 aromatic rings. The minimum absolute atomic E-state index is 0.145. The lowest BCUT2D eigenvalue weighted by molar-refractivity contribution is -0.0676. The number of rotatable bonds is 1. The van der Waals surface area contributed by atoms with Gasteiger partial charge in [0.1, 0.15) is 5.60 Å². The summed E-state index contributed by atoms with van der Waals surface area (Å²) in [4.78, 5) is 5.74. The molecule has 1 fully saturated rings. The van der Waals surface area contributed by atoms with Gasteiger partial charge in [-0.05, 0) is 62.3 Å². The maximum absolute atomic E-state index is 9.61. The van der Waals surface area contributed by atoms with Crippen molar-refractivity contribution in [2.75, 3.05) is 0 Å². The summed E-state index contributed by atoms with van der Waals surface area (Å²) in [5.74, 6) is 0. The molecule has 3 rings (SSSR count). The number of nitrogens with zero attached hydrogens (tertiary/aromatic N) is 1. The van der Waals surface area contributed by atoms with E-state index < -0.39 is 0 Å². The second kappa shape index (κ2) is 4.64. The van der Waals surface area contributed by atoms with Crippen LogP contribution >= 0.6 is 0 Å². The second-order valence-corrected chi connectivity index (χ2v) is 6.02. The monoisotopic (exact) mass is 259 g/mol. The Bertz CT molecular complexity index is 513. The lowest BCUT2D eigenvalue weighted by atomic mass is 9.79. The van der Waals surface area contributed by atoms with Crippen molar-refractivity contribution in [2.45, 2.75) is 57.7 Å². The van der Waals surface area contributed by atoms with E-state index >= 15 is 0 Å². The fourth-order valence-electron chi connectivity index (χ4n) is 2.99. The largest absolute Gasteiger partial charge is 0.393 e. The summed E-state index contributed by atoms with van der Waals surface area (Å²) in [6, 6.07) is 6.46. The maximum atomic E-state index is 9.61. The maximum Gasteiger partial charge on any atom is 0.143 e. The van der Waals surface area contributed by atoms with E-state index in [2.05, 4.69) is 37.2 Å². The first-order valence-corrected chi connectivity index (χ1v) is 7.09. The highest BCUT2D eigenvalue weighted by atomic mass is 16.7. The molecule has 1 aliphatic carbocycles. The Hall–Kier alpha value is -1.35. The van der Waals surface area contributed by atoms with Crippen molar-refractivity contribution in [3.8, 4) is 0 Å². The van der Waals surface area contributed by atoms with Gasteiger partial charge in [0.25, 0.3) is 0 Å². The van der Waals surface area contributed by atoms with Gasteiger partial charge in [0.15, 0.2) is 0 Å². The van der Waals surface area contributed by atoms with Gasteiger partial charge in [0.05, 0.1) is 11.8 Å². The summed E-state index contributed by atoms with van der Waals surface area (Å²) in [6.45, 7) is 4.25. The molecule has 0 atom stereocenters. The summed E-state index contributed by atoms with van der Waals surface area (Å²) in [6.07, 6.45) is 4.20. The van der Waals surface area contributed by atoms with Crippen LogP contribution in [-0.4, -0.2) is 22.5 Å². The Labute approximate surface area is 114 Å². The third-order valence-corrected chi connectivity index (χ3v) is 4.55. The van der Waals surface area contributed by atoms with E-state index in [4.69, 9.17) is 4.84 Å². The van der Waals surface area contributed by atoms with Crippen LogP contribution in [0.4, 0.5) is 0 Å². The Kier molecular flexibility index (Phi) is 3.09. The average Bonchev–Trinajstić information content (AvgIpc) is 2.81. The van der Waals surface area contributed by atoms with Crippen LogP contribution in [0.5, 0.6) is 0 Å². The van der Waals surface area contributed by atoms with Crippen molar-refractivity contribution in [2.24, 2.45) is 5.16 Å². The first-order valence-electron chi connectivity index (χ1n) is 7.09.